The number of carbonyl (C=O) groups is 1. The molecule has 0 saturated carbocycles. The van der Waals surface area contributed by atoms with Crippen LogP contribution >= 0.6 is 0 Å². The molecule has 0 radical (unpaired) electrons. The molecular formula is C23H25NO5. The quantitative estimate of drug-likeness (QED) is 0.495. The Morgan fingerprint density at radius 1 is 1.21 bits per heavy atom. The second-order valence-corrected chi connectivity index (χ2v) is 7.74. The molecule has 6 heteroatoms. The maximum atomic E-state index is 12.5. The number of hydrogen-bond acceptors (Lipinski definition) is 5. The zero-order valence-corrected chi connectivity index (χ0v) is 17.0. The third-order valence-corrected chi connectivity index (χ3v) is 5.65. The van der Waals surface area contributed by atoms with E-state index in [1.807, 2.05) is 36.1 Å². The number of methoxy groups -OCH3 is 1. The Bertz CT molecular complexity index is 1130. The highest BCUT2D eigenvalue weighted by Crippen LogP contribution is 2.32. The average molecular weight is 395 g/mol. The number of ether oxygens (including phenoxy) is 2. The number of amides is 1. The topological polar surface area (TPSA) is 69.0 Å². The first-order chi connectivity index (χ1) is 14.0. The summed E-state index contributed by atoms with van der Waals surface area (Å²) in [4.78, 5) is 26.9. The molecule has 6 nitrogen and oxygen atoms in total. The SMILES string of the molecule is COc1ccc2c(c1)c(=O)oc1c(C)c(OCC(=O)N3CCCC(C)C3)ccc12. The molecule has 1 aliphatic heterocycles. The van der Waals surface area contributed by atoms with Gasteiger partial charge in [-0.3, -0.25) is 4.79 Å². The molecule has 2 heterocycles. The molecular weight excluding hydrogens is 370 g/mol. The van der Waals surface area contributed by atoms with Crippen LogP contribution in [0.2, 0.25) is 0 Å². The minimum Gasteiger partial charge on any atom is -0.497 e. The summed E-state index contributed by atoms with van der Waals surface area (Å²) in [6, 6.07) is 9.04. The van der Waals surface area contributed by atoms with Crippen LogP contribution in [0.25, 0.3) is 21.7 Å². The molecule has 0 bridgehead atoms. The summed E-state index contributed by atoms with van der Waals surface area (Å²) in [6.45, 7) is 5.55. The Kier molecular flexibility index (Phi) is 5.18. The minimum atomic E-state index is -0.426. The molecule has 1 fully saturated rings. The number of rotatable bonds is 4. The van der Waals surface area contributed by atoms with E-state index in [-0.39, 0.29) is 12.5 Å². The fraction of sp³-hybridized carbons (Fsp3) is 0.391. The lowest BCUT2D eigenvalue weighted by Crippen LogP contribution is -2.41. The fourth-order valence-electron chi connectivity index (χ4n) is 4.02. The molecule has 1 aliphatic rings. The van der Waals surface area contributed by atoms with Crippen LogP contribution in [-0.4, -0.2) is 37.6 Å². The zero-order chi connectivity index (χ0) is 20.5. The summed E-state index contributed by atoms with van der Waals surface area (Å²) >= 11 is 0. The predicted molar refractivity (Wildman–Crippen MR) is 112 cm³/mol. The molecule has 29 heavy (non-hydrogen) atoms. The smallest absolute Gasteiger partial charge is 0.344 e. The first kappa shape index (κ1) is 19.3. The molecule has 1 aromatic heterocycles. The van der Waals surface area contributed by atoms with Gasteiger partial charge in [0.15, 0.2) is 6.61 Å². The second-order valence-electron chi connectivity index (χ2n) is 7.74. The van der Waals surface area contributed by atoms with Crippen molar-refractivity contribution in [3.63, 3.8) is 0 Å². The van der Waals surface area contributed by atoms with Gasteiger partial charge in [-0.25, -0.2) is 4.79 Å². The lowest BCUT2D eigenvalue weighted by molar-refractivity contribution is -0.135. The standard InChI is InChI=1S/C23H25NO5/c1-14-5-4-10-24(12-14)21(25)13-28-20-9-8-18-17-7-6-16(27-3)11-19(17)23(26)29-22(18)15(20)2/h6-9,11,14H,4-5,10,12-13H2,1-3H3. The van der Waals surface area contributed by atoms with Gasteiger partial charge in [0.2, 0.25) is 0 Å². The van der Waals surface area contributed by atoms with Crippen LogP contribution in [-0.2, 0) is 4.79 Å². The Labute approximate surface area is 169 Å². The molecule has 1 saturated heterocycles. The maximum Gasteiger partial charge on any atom is 0.344 e. The van der Waals surface area contributed by atoms with Crippen LogP contribution in [0, 0.1) is 12.8 Å². The Morgan fingerprint density at radius 2 is 2.00 bits per heavy atom. The van der Waals surface area contributed by atoms with E-state index >= 15 is 0 Å². The van der Waals surface area contributed by atoms with Gasteiger partial charge >= 0.3 is 5.63 Å². The van der Waals surface area contributed by atoms with Crippen LogP contribution in [0.4, 0.5) is 0 Å². The van der Waals surface area contributed by atoms with Gasteiger partial charge in [-0.05, 0) is 56.0 Å². The van der Waals surface area contributed by atoms with Crippen LogP contribution in [0.15, 0.2) is 39.5 Å². The van der Waals surface area contributed by atoms with Crippen molar-refractivity contribution in [3.05, 3.63) is 46.3 Å². The fourth-order valence-corrected chi connectivity index (χ4v) is 4.02. The van der Waals surface area contributed by atoms with Crippen LogP contribution in [0.3, 0.4) is 0 Å². The number of nitrogens with zero attached hydrogens (tertiary/aromatic N) is 1. The Balaban J connectivity index is 1.63. The highest BCUT2D eigenvalue weighted by molar-refractivity contribution is 6.06. The molecule has 1 unspecified atom stereocenters. The molecule has 152 valence electrons. The van der Waals surface area contributed by atoms with Crippen molar-refractivity contribution >= 4 is 27.6 Å². The number of fused-ring (bicyclic) bond motifs is 3. The van der Waals surface area contributed by atoms with Gasteiger partial charge in [-0.1, -0.05) is 6.92 Å². The van der Waals surface area contributed by atoms with E-state index in [1.54, 1.807) is 13.2 Å². The third kappa shape index (κ3) is 3.67. The van der Waals surface area contributed by atoms with Gasteiger partial charge in [0, 0.05) is 29.4 Å². The van der Waals surface area contributed by atoms with Gasteiger partial charge in [-0.2, -0.15) is 0 Å². The molecule has 0 N–H and O–H groups in total. The molecule has 1 atom stereocenters. The van der Waals surface area contributed by atoms with E-state index in [9.17, 15) is 9.59 Å². The number of likely N-dealkylation sites (tertiary alicyclic amines) is 1. The minimum absolute atomic E-state index is 0.0110. The highest BCUT2D eigenvalue weighted by Gasteiger charge is 2.21. The first-order valence-corrected chi connectivity index (χ1v) is 9.92. The summed E-state index contributed by atoms with van der Waals surface area (Å²) < 4.78 is 16.6. The van der Waals surface area contributed by atoms with Crippen LogP contribution in [0.5, 0.6) is 11.5 Å². The van der Waals surface area contributed by atoms with E-state index in [2.05, 4.69) is 6.92 Å². The Hall–Kier alpha value is -3.02. The van der Waals surface area contributed by atoms with E-state index < -0.39 is 5.63 Å². The van der Waals surface area contributed by atoms with E-state index in [0.29, 0.717) is 33.9 Å². The van der Waals surface area contributed by atoms with Gasteiger partial charge in [-0.15, -0.1) is 0 Å². The van der Waals surface area contributed by atoms with Crippen molar-refractivity contribution in [1.29, 1.82) is 0 Å². The van der Waals surface area contributed by atoms with Gasteiger partial charge in [0.05, 0.1) is 12.5 Å². The first-order valence-electron chi connectivity index (χ1n) is 9.92. The summed E-state index contributed by atoms with van der Waals surface area (Å²) in [5.41, 5.74) is 0.756. The number of piperidine rings is 1. The number of benzene rings is 2. The largest absolute Gasteiger partial charge is 0.497 e. The van der Waals surface area contributed by atoms with Gasteiger partial charge in [0.25, 0.3) is 5.91 Å². The molecule has 0 aliphatic carbocycles. The summed E-state index contributed by atoms with van der Waals surface area (Å²) in [5, 5.41) is 2.09. The molecule has 0 spiro atoms. The molecule has 4 rings (SSSR count). The van der Waals surface area contributed by atoms with Gasteiger partial charge < -0.3 is 18.8 Å². The summed E-state index contributed by atoms with van der Waals surface area (Å²) in [7, 11) is 1.56. The van der Waals surface area contributed by atoms with Crippen molar-refractivity contribution in [2.45, 2.75) is 26.7 Å². The lowest BCUT2D eigenvalue weighted by atomic mass is 10.0. The van der Waals surface area contributed by atoms with E-state index in [4.69, 9.17) is 13.9 Å². The molecule has 3 aromatic rings. The van der Waals surface area contributed by atoms with Crippen LogP contribution in [0.1, 0.15) is 25.3 Å². The molecule has 2 aromatic carbocycles. The lowest BCUT2D eigenvalue weighted by Gasteiger charge is -2.30. The number of carbonyl (C=O) groups excluding carboxylic acids is 1. The molecule has 1 amide bonds. The third-order valence-electron chi connectivity index (χ3n) is 5.65. The average Bonchev–Trinajstić information content (AvgIpc) is 2.73. The second kappa shape index (κ2) is 7.78. The van der Waals surface area contributed by atoms with Crippen LogP contribution < -0.4 is 15.1 Å². The maximum absolute atomic E-state index is 12.5. The monoisotopic (exact) mass is 395 g/mol. The Morgan fingerprint density at radius 3 is 2.76 bits per heavy atom. The summed E-state index contributed by atoms with van der Waals surface area (Å²) in [5.74, 6) is 1.66. The predicted octanol–water partition coefficient (Wildman–Crippen LogP) is 3.90. The summed E-state index contributed by atoms with van der Waals surface area (Å²) in [6.07, 6.45) is 2.19. The number of aryl methyl sites for hydroxylation is 1. The highest BCUT2D eigenvalue weighted by atomic mass is 16.5. The number of hydrogen-bond donors (Lipinski definition) is 0. The van der Waals surface area contributed by atoms with Crippen molar-refractivity contribution in [2.24, 2.45) is 5.92 Å². The van der Waals surface area contributed by atoms with E-state index in [1.165, 1.54) is 0 Å². The normalized spacial score (nSPS) is 16.9. The van der Waals surface area contributed by atoms with Crippen molar-refractivity contribution in [2.75, 3.05) is 26.8 Å². The zero-order valence-electron chi connectivity index (χ0n) is 17.0. The van der Waals surface area contributed by atoms with Crippen molar-refractivity contribution < 1.29 is 18.7 Å². The van der Waals surface area contributed by atoms with Crippen molar-refractivity contribution in [3.8, 4) is 11.5 Å². The van der Waals surface area contributed by atoms with Crippen molar-refractivity contribution in [1.82, 2.24) is 4.90 Å². The van der Waals surface area contributed by atoms with Gasteiger partial charge in [0.1, 0.15) is 17.1 Å². The van der Waals surface area contributed by atoms with E-state index in [0.717, 1.165) is 36.7 Å².